The topological polar surface area (TPSA) is 133 Å². The second-order valence-electron chi connectivity index (χ2n) is 14.2. The molecule has 6 aliphatic rings. The molecule has 0 aromatic heterocycles. The molecule has 11 heteroatoms. The molecule has 6 rings (SSSR count). The molecule has 4 aliphatic heterocycles. The molecule has 2 bridgehead atoms. The van der Waals surface area contributed by atoms with Gasteiger partial charge in [0.2, 0.25) is 6.10 Å². The zero-order valence-corrected chi connectivity index (χ0v) is 25.5. The van der Waals surface area contributed by atoms with Crippen molar-refractivity contribution >= 4 is 23.9 Å². The van der Waals surface area contributed by atoms with Gasteiger partial charge in [-0.25, -0.2) is 4.79 Å². The smallest absolute Gasteiger partial charge is 0.350 e. The second kappa shape index (κ2) is 9.91. The fourth-order valence-electron chi connectivity index (χ4n) is 6.59. The van der Waals surface area contributed by atoms with Crippen molar-refractivity contribution in [3.63, 3.8) is 0 Å². The highest BCUT2D eigenvalue weighted by atomic mass is 16.9. The first kappa shape index (κ1) is 30.2. The summed E-state index contributed by atoms with van der Waals surface area (Å²) in [6, 6.07) is 0. The van der Waals surface area contributed by atoms with E-state index in [9.17, 15) is 19.2 Å². The molecule has 11 nitrogen and oxygen atoms in total. The number of carbonyl (C=O) groups excluding carboxylic acids is 4. The van der Waals surface area contributed by atoms with Crippen molar-refractivity contribution in [3.8, 4) is 0 Å². The van der Waals surface area contributed by atoms with E-state index in [1.807, 2.05) is 34.6 Å². The number of fused-ring (bicyclic) bond motifs is 4. The number of rotatable bonds is 6. The molecule has 6 fully saturated rings. The molecule has 10 unspecified atom stereocenters. The molecule has 4 saturated heterocycles. The van der Waals surface area contributed by atoms with Gasteiger partial charge in [-0.2, -0.15) is 0 Å². The molecule has 2 saturated carbocycles. The lowest BCUT2D eigenvalue weighted by Crippen LogP contribution is -2.41. The first-order valence-electron chi connectivity index (χ1n) is 14.8. The first-order chi connectivity index (χ1) is 18.9. The molecule has 0 aromatic rings. The Labute approximate surface area is 241 Å². The van der Waals surface area contributed by atoms with E-state index < -0.39 is 59.3 Å². The first-order valence-corrected chi connectivity index (χ1v) is 14.8. The molecule has 0 N–H and O–H groups in total. The van der Waals surface area contributed by atoms with Gasteiger partial charge in [-0.15, -0.1) is 0 Å². The Hall–Kier alpha value is -2.24. The summed E-state index contributed by atoms with van der Waals surface area (Å²) in [5.41, 5.74) is -1.45. The lowest BCUT2D eigenvalue weighted by molar-refractivity contribution is -0.217. The molecule has 0 radical (unpaired) electrons. The van der Waals surface area contributed by atoms with Crippen LogP contribution in [0.4, 0.5) is 0 Å². The molecule has 4 heterocycles. The summed E-state index contributed by atoms with van der Waals surface area (Å²) in [6.45, 7) is 16.7. The number of carbonyl (C=O) groups is 4. The van der Waals surface area contributed by atoms with Gasteiger partial charge in [0.25, 0.3) is 0 Å². The quantitative estimate of drug-likeness (QED) is 0.338. The minimum Gasteiger partial charge on any atom is -0.458 e. The fraction of sp³-hybridized carbons (Fsp3) is 0.867. The van der Waals surface area contributed by atoms with Crippen LogP contribution in [0.5, 0.6) is 0 Å². The van der Waals surface area contributed by atoms with Crippen LogP contribution in [0.25, 0.3) is 0 Å². The van der Waals surface area contributed by atoms with Crippen LogP contribution in [0.15, 0.2) is 0 Å². The lowest BCUT2D eigenvalue weighted by atomic mass is 9.75. The van der Waals surface area contributed by atoms with Gasteiger partial charge >= 0.3 is 23.9 Å². The van der Waals surface area contributed by atoms with Gasteiger partial charge in [0.05, 0.1) is 16.2 Å². The van der Waals surface area contributed by atoms with Gasteiger partial charge in [-0.3, -0.25) is 14.4 Å². The Bertz CT molecular complexity index is 1110. The van der Waals surface area contributed by atoms with Gasteiger partial charge in [-0.1, -0.05) is 13.8 Å². The third-order valence-corrected chi connectivity index (χ3v) is 10.1. The molecule has 0 amide bonds. The van der Waals surface area contributed by atoms with E-state index in [4.69, 9.17) is 33.2 Å². The van der Waals surface area contributed by atoms with Crippen molar-refractivity contribution in [2.45, 2.75) is 137 Å². The van der Waals surface area contributed by atoms with Crippen LogP contribution in [0.2, 0.25) is 0 Å². The summed E-state index contributed by atoms with van der Waals surface area (Å²) < 4.78 is 38.9. The van der Waals surface area contributed by atoms with Crippen LogP contribution in [0.1, 0.15) is 88.0 Å². The van der Waals surface area contributed by atoms with Crippen LogP contribution < -0.4 is 0 Å². The van der Waals surface area contributed by atoms with E-state index >= 15 is 0 Å². The highest BCUT2D eigenvalue weighted by Gasteiger charge is 2.69. The zero-order valence-electron chi connectivity index (χ0n) is 25.5. The third kappa shape index (κ3) is 4.95. The van der Waals surface area contributed by atoms with Crippen LogP contribution in [-0.2, 0) is 52.3 Å². The fourth-order valence-corrected chi connectivity index (χ4v) is 6.59. The molecule has 0 spiro atoms. The van der Waals surface area contributed by atoms with Crippen molar-refractivity contribution in [1.29, 1.82) is 0 Å². The Morgan fingerprint density at radius 2 is 1.46 bits per heavy atom. The van der Waals surface area contributed by atoms with E-state index in [-0.39, 0.29) is 35.5 Å². The Morgan fingerprint density at radius 3 is 2.07 bits per heavy atom. The maximum atomic E-state index is 12.2. The molecule has 41 heavy (non-hydrogen) atoms. The molecular formula is C30H44O11. The van der Waals surface area contributed by atoms with E-state index in [1.54, 1.807) is 27.7 Å². The maximum absolute atomic E-state index is 12.2. The van der Waals surface area contributed by atoms with Gasteiger partial charge in [0, 0.05) is 11.8 Å². The average Bonchev–Trinajstić information content (AvgIpc) is 3.67. The molecule has 2 aliphatic carbocycles. The molecular weight excluding hydrogens is 536 g/mol. The Morgan fingerprint density at radius 1 is 0.854 bits per heavy atom. The number of hydrogen-bond donors (Lipinski definition) is 0. The number of esters is 4. The van der Waals surface area contributed by atoms with Gasteiger partial charge in [0.1, 0.15) is 18.3 Å². The van der Waals surface area contributed by atoms with Crippen LogP contribution in [0.3, 0.4) is 0 Å². The Kier molecular flexibility index (Phi) is 7.30. The van der Waals surface area contributed by atoms with Crippen LogP contribution in [-0.4, -0.2) is 72.6 Å². The summed E-state index contributed by atoms with van der Waals surface area (Å²) in [7, 11) is 0. The van der Waals surface area contributed by atoms with E-state index in [0.29, 0.717) is 12.3 Å². The number of hydrogen-bond acceptors (Lipinski definition) is 11. The van der Waals surface area contributed by atoms with Gasteiger partial charge < -0.3 is 33.2 Å². The molecule has 230 valence electrons. The van der Waals surface area contributed by atoms with Crippen LogP contribution in [0, 0.1) is 28.1 Å². The second-order valence-corrected chi connectivity index (χ2v) is 14.2. The predicted molar refractivity (Wildman–Crippen MR) is 141 cm³/mol. The van der Waals surface area contributed by atoms with Crippen molar-refractivity contribution in [1.82, 2.24) is 0 Å². The minimum absolute atomic E-state index is 0.0988. The van der Waals surface area contributed by atoms with Crippen molar-refractivity contribution in [2.75, 3.05) is 0 Å². The monoisotopic (exact) mass is 580 g/mol. The summed E-state index contributed by atoms with van der Waals surface area (Å²) in [6.07, 6.45) is -0.778. The van der Waals surface area contributed by atoms with Crippen molar-refractivity contribution < 1.29 is 52.3 Å². The standard InChI is InChI=1S/C15H22O7.C15H22O4/c1-6-14(2,3)13(17)20-9-7-8(18-11(9)16)10-12(19-7)22-15(4,5)21-10;1-5-14(2,3)12(16)18-10-8-6-9-11(10)19-13(17)15(9,4)7-8/h7-10,12H,6H2,1-5H3;8-11H,5-7H2,1-4H3. The average molecular weight is 581 g/mol. The Balaban J connectivity index is 0.000000166. The predicted octanol–water partition coefficient (Wildman–Crippen LogP) is 3.44. The van der Waals surface area contributed by atoms with E-state index in [0.717, 1.165) is 19.3 Å². The summed E-state index contributed by atoms with van der Waals surface area (Å²) >= 11 is 0. The van der Waals surface area contributed by atoms with E-state index in [1.165, 1.54) is 0 Å². The summed E-state index contributed by atoms with van der Waals surface area (Å²) in [5, 5.41) is 0. The maximum Gasteiger partial charge on any atom is 0.350 e. The van der Waals surface area contributed by atoms with Gasteiger partial charge in [-0.05, 0) is 74.1 Å². The third-order valence-electron chi connectivity index (χ3n) is 10.1. The molecule has 10 atom stereocenters. The number of ether oxygens (including phenoxy) is 7. The SMILES string of the molecule is CCC(C)(C)C(=O)OC1C(=O)OC2C3OC(C)(C)OC3OC12.CCC(C)(C)C(=O)OC1C2CC3C1OC(=O)C3(C)C2. The minimum atomic E-state index is -1.07. The largest absolute Gasteiger partial charge is 0.458 e. The van der Waals surface area contributed by atoms with Crippen LogP contribution >= 0.6 is 0 Å². The molecule has 0 aromatic carbocycles. The highest BCUT2D eigenvalue weighted by Crippen LogP contribution is 2.62. The van der Waals surface area contributed by atoms with Crippen molar-refractivity contribution in [2.24, 2.45) is 28.1 Å². The van der Waals surface area contributed by atoms with Crippen molar-refractivity contribution in [3.05, 3.63) is 0 Å². The normalized spacial score (nSPS) is 41.2. The summed E-state index contributed by atoms with van der Waals surface area (Å²) in [5.74, 6) is -1.56. The van der Waals surface area contributed by atoms with Gasteiger partial charge in [0.15, 0.2) is 24.3 Å². The summed E-state index contributed by atoms with van der Waals surface area (Å²) in [4.78, 5) is 48.3. The zero-order chi connectivity index (χ0) is 30.3. The van der Waals surface area contributed by atoms with E-state index in [2.05, 4.69) is 0 Å². The lowest BCUT2D eigenvalue weighted by Gasteiger charge is -2.31. The highest BCUT2D eigenvalue weighted by molar-refractivity contribution is 5.84.